The molecule has 2 aliphatic rings. The van der Waals surface area contributed by atoms with Crippen LogP contribution in [0.15, 0.2) is 47.4 Å². The summed E-state index contributed by atoms with van der Waals surface area (Å²) in [6, 6.07) is 7.20. The lowest BCUT2D eigenvalue weighted by atomic mass is 9.71. The summed E-state index contributed by atoms with van der Waals surface area (Å²) in [5, 5.41) is 3.01. The van der Waals surface area contributed by atoms with Crippen LogP contribution in [0.3, 0.4) is 0 Å². The largest absolute Gasteiger partial charge is 0.461 e. The number of nitrogens with two attached hydrogens (primary N) is 1. The lowest BCUT2D eigenvalue weighted by Gasteiger charge is -2.60. The third kappa shape index (κ3) is 4.57. The van der Waals surface area contributed by atoms with Crippen LogP contribution in [-0.2, 0) is 19.0 Å². The summed E-state index contributed by atoms with van der Waals surface area (Å²) >= 11 is 0. The molecule has 3 N–H and O–H groups in total. The highest BCUT2D eigenvalue weighted by molar-refractivity contribution is 6.07. The van der Waals surface area contributed by atoms with Crippen LogP contribution in [-0.4, -0.2) is 17.5 Å². The van der Waals surface area contributed by atoms with Gasteiger partial charge in [-0.05, 0) is 12.1 Å². The van der Waals surface area contributed by atoms with Crippen LogP contribution >= 0.6 is 0 Å². The van der Waals surface area contributed by atoms with E-state index in [2.05, 4.69) is 46.9 Å². The summed E-state index contributed by atoms with van der Waals surface area (Å²) in [6.07, 6.45) is 1.96. The minimum absolute atomic E-state index is 0.329. The Labute approximate surface area is 211 Å². The van der Waals surface area contributed by atoms with Crippen LogP contribution in [0.2, 0.25) is 0 Å². The van der Waals surface area contributed by atoms with Crippen molar-refractivity contribution >= 4 is 17.3 Å². The third-order valence-electron chi connectivity index (χ3n) is 6.57. The normalized spacial score (nSPS) is 25.4. The monoisotopic (exact) mass is 484 g/mol. The molecule has 1 amide bonds. The van der Waals surface area contributed by atoms with Crippen molar-refractivity contribution < 1.29 is 19.0 Å². The molecule has 1 aromatic rings. The van der Waals surface area contributed by atoms with Gasteiger partial charge in [-0.3, -0.25) is 9.53 Å². The second kappa shape index (κ2) is 8.02. The molecule has 0 aromatic heterocycles. The predicted molar refractivity (Wildman–Crippen MR) is 141 cm³/mol. The van der Waals surface area contributed by atoms with Gasteiger partial charge in [-0.1, -0.05) is 95.2 Å². The number of ether oxygens (including phenoxy) is 3. The second-order valence-electron chi connectivity index (χ2n) is 13.8. The lowest BCUT2D eigenvalue weighted by Crippen LogP contribution is -2.67. The van der Waals surface area contributed by atoms with Gasteiger partial charge in [0.1, 0.15) is 17.1 Å². The number of anilines is 2. The Balaban J connectivity index is 2.38. The molecule has 0 aliphatic carbocycles. The molecule has 1 aromatic carbocycles. The average Bonchev–Trinajstić information content (AvgIpc) is 2.65. The summed E-state index contributed by atoms with van der Waals surface area (Å²) < 4.78 is 20.6. The third-order valence-corrected chi connectivity index (χ3v) is 6.57. The standard InChI is InChI=1S/C29H44N2O4/c1-24(2,3)20-17-28(26(7,8)9)34-22(25(4,5)6)21(29(33-20,35-28)27(10,11)12)23(32)31-19-16-14-13-15-18(19)30/h13-17H,30H2,1-12H3,(H,31,32)/t28-,29-/m1/s1. The maximum Gasteiger partial charge on any atom is 0.261 e. The smallest absolute Gasteiger partial charge is 0.261 e. The molecule has 35 heavy (non-hydrogen) atoms. The summed E-state index contributed by atoms with van der Waals surface area (Å²) in [5.74, 6) is -1.64. The summed E-state index contributed by atoms with van der Waals surface area (Å²) in [5.41, 5.74) is 5.54. The van der Waals surface area contributed by atoms with E-state index in [1.165, 1.54) is 0 Å². The van der Waals surface area contributed by atoms with Crippen LogP contribution in [0.1, 0.15) is 83.1 Å². The number of amides is 1. The molecule has 194 valence electrons. The van der Waals surface area contributed by atoms with Crippen molar-refractivity contribution in [1.29, 1.82) is 0 Å². The van der Waals surface area contributed by atoms with Gasteiger partial charge in [-0.15, -0.1) is 0 Å². The molecule has 0 unspecified atom stereocenters. The first-order valence-electron chi connectivity index (χ1n) is 12.4. The predicted octanol–water partition coefficient (Wildman–Crippen LogP) is 7.00. The molecule has 0 saturated carbocycles. The number of carbonyl (C=O) groups is 1. The number of para-hydroxylation sites is 2. The van der Waals surface area contributed by atoms with E-state index in [0.717, 1.165) is 5.76 Å². The maximum absolute atomic E-state index is 14.2. The molecular weight excluding hydrogens is 440 g/mol. The number of hydrogen-bond donors (Lipinski definition) is 2. The van der Waals surface area contributed by atoms with E-state index >= 15 is 0 Å². The van der Waals surface area contributed by atoms with Gasteiger partial charge in [-0.25, -0.2) is 0 Å². The number of benzene rings is 1. The van der Waals surface area contributed by atoms with Gasteiger partial charge in [0.15, 0.2) is 0 Å². The molecule has 0 saturated heterocycles. The summed E-state index contributed by atoms with van der Waals surface area (Å²) in [4.78, 5) is 14.2. The van der Waals surface area contributed by atoms with E-state index in [-0.39, 0.29) is 11.3 Å². The zero-order valence-electron chi connectivity index (χ0n) is 23.6. The molecule has 2 aliphatic heterocycles. The number of nitrogens with one attached hydrogen (secondary N) is 1. The second-order valence-corrected chi connectivity index (χ2v) is 13.8. The zero-order chi connectivity index (χ0) is 26.8. The van der Waals surface area contributed by atoms with Crippen molar-refractivity contribution in [2.45, 2.75) is 94.7 Å². The van der Waals surface area contributed by atoms with E-state index in [4.69, 9.17) is 19.9 Å². The van der Waals surface area contributed by atoms with Crippen LogP contribution in [0.5, 0.6) is 0 Å². The highest BCUT2D eigenvalue weighted by Gasteiger charge is 2.67. The molecule has 2 bridgehead atoms. The molecule has 3 rings (SSSR count). The summed E-state index contributed by atoms with van der Waals surface area (Å²) in [6.45, 7) is 24.7. The number of allylic oxidation sites excluding steroid dienone is 2. The Kier molecular flexibility index (Phi) is 6.22. The number of fused-ring (bicyclic) bond motifs is 2. The van der Waals surface area contributed by atoms with Crippen molar-refractivity contribution in [3.05, 3.63) is 47.4 Å². The van der Waals surface area contributed by atoms with E-state index < -0.39 is 27.8 Å². The fraction of sp³-hybridized carbons (Fsp3) is 0.621. The van der Waals surface area contributed by atoms with Crippen LogP contribution in [0.25, 0.3) is 0 Å². The highest BCUT2D eigenvalue weighted by Crippen LogP contribution is 2.60. The first kappa shape index (κ1) is 27.1. The van der Waals surface area contributed by atoms with E-state index in [0.29, 0.717) is 22.7 Å². The SMILES string of the molecule is CC(C)(C)C1=C[C@@]2(C(C)(C)C)OC(C(C)(C)C)=C(C(=O)Nc3ccccc3N)[C@@](C(C)(C)C)(O1)O2. The quantitative estimate of drug-likeness (QED) is 0.442. The Morgan fingerprint density at radius 2 is 1.40 bits per heavy atom. The fourth-order valence-corrected chi connectivity index (χ4v) is 4.27. The molecule has 2 heterocycles. The minimum Gasteiger partial charge on any atom is -0.461 e. The van der Waals surface area contributed by atoms with Crippen molar-refractivity contribution in [2.75, 3.05) is 11.1 Å². The summed E-state index contributed by atoms with van der Waals surface area (Å²) in [7, 11) is 0. The van der Waals surface area contributed by atoms with Crippen LogP contribution in [0, 0.1) is 21.7 Å². The van der Waals surface area contributed by atoms with Crippen molar-refractivity contribution in [3.8, 4) is 0 Å². The van der Waals surface area contributed by atoms with Gasteiger partial charge in [0, 0.05) is 27.7 Å². The molecule has 0 radical (unpaired) electrons. The van der Waals surface area contributed by atoms with Gasteiger partial charge in [0.25, 0.3) is 11.7 Å². The van der Waals surface area contributed by atoms with Gasteiger partial charge in [-0.2, -0.15) is 0 Å². The van der Waals surface area contributed by atoms with E-state index in [1.807, 2.05) is 59.8 Å². The van der Waals surface area contributed by atoms with E-state index in [9.17, 15) is 4.79 Å². The van der Waals surface area contributed by atoms with Gasteiger partial charge < -0.3 is 20.5 Å². The first-order valence-corrected chi connectivity index (χ1v) is 12.4. The molecule has 0 spiro atoms. The lowest BCUT2D eigenvalue weighted by molar-refractivity contribution is -0.398. The topological polar surface area (TPSA) is 82.8 Å². The van der Waals surface area contributed by atoms with Gasteiger partial charge in [0.05, 0.1) is 11.4 Å². The number of hydrogen-bond acceptors (Lipinski definition) is 5. The highest BCUT2D eigenvalue weighted by atomic mass is 16.8. The minimum atomic E-state index is -1.41. The molecular formula is C29H44N2O4. The number of nitrogen functional groups attached to an aromatic ring is 1. The van der Waals surface area contributed by atoms with Gasteiger partial charge in [0.2, 0.25) is 5.79 Å². The number of rotatable bonds is 2. The Morgan fingerprint density at radius 3 is 1.86 bits per heavy atom. The molecule has 0 fully saturated rings. The average molecular weight is 485 g/mol. The van der Waals surface area contributed by atoms with Crippen molar-refractivity contribution in [1.82, 2.24) is 0 Å². The van der Waals surface area contributed by atoms with Crippen LogP contribution < -0.4 is 11.1 Å². The van der Waals surface area contributed by atoms with E-state index in [1.54, 1.807) is 12.1 Å². The Bertz CT molecular complexity index is 1070. The Morgan fingerprint density at radius 1 is 0.829 bits per heavy atom. The molecule has 6 nitrogen and oxygen atoms in total. The maximum atomic E-state index is 14.2. The number of carbonyl (C=O) groups excluding carboxylic acids is 1. The Hall–Kier alpha value is -2.47. The molecule has 6 heteroatoms. The van der Waals surface area contributed by atoms with Crippen molar-refractivity contribution in [2.24, 2.45) is 21.7 Å². The first-order chi connectivity index (χ1) is 15.6. The zero-order valence-corrected chi connectivity index (χ0v) is 23.6. The van der Waals surface area contributed by atoms with Gasteiger partial charge >= 0.3 is 0 Å². The molecule has 2 atom stereocenters. The fourth-order valence-electron chi connectivity index (χ4n) is 4.27. The van der Waals surface area contributed by atoms with Crippen molar-refractivity contribution in [3.63, 3.8) is 0 Å². The van der Waals surface area contributed by atoms with Crippen LogP contribution in [0.4, 0.5) is 11.4 Å².